The second-order valence-electron chi connectivity index (χ2n) is 9.55. The highest BCUT2D eigenvalue weighted by Crippen LogP contribution is 2.43. The highest BCUT2D eigenvalue weighted by atomic mass is 32.1. The first-order chi connectivity index (χ1) is 17.1. The summed E-state index contributed by atoms with van der Waals surface area (Å²) in [5.41, 5.74) is 0.514. The van der Waals surface area contributed by atoms with Crippen LogP contribution in [0.1, 0.15) is 43.9 Å². The monoisotopic (exact) mass is 504 g/mol. The number of fused-ring (bicyclic) bond motifs is 1. The molecule has 0 N–H and O–H groups in total. The Morgan fingerprint density at radius 3 is 2.53 bits per heavy atom. The van der Waals surface area contributed by atoms with E-state index in [-0.39, 0.29) is 39.1 Å². The predicted molar refractivity (Wildman–Crippen MR) is 132 cm³/mol. The number of non-ortho nitro benzene ring substituents is 1. The van der Waals surface area contributed by atoms with Crippen molar-refractivity contribution in [1.29, 1.82) is 0 Å². The Kier molecular flexibility index (Phi) is 5.51. The van der Waals surface area contributed by atoms with E-state index in [1.165, 1.54) is 34.9 Å². The smallest absolute Gasteiger partial charge is 0.276 e. The number of hydrogen-bond acceptors (Lipinski definition) is 8. The van der Waals surface area contributed by atoms with Crippen LogP contribution < -0.4 is 14.9 Å². The molecule has 2 aliphatic rings. The predicted octanol–water partition coefficient (Wildman–Crippen LogP) is 3.42. The third-order valence-corrected chi connectivity index (χ3v) is 7.30. The van der Waals surface area contributed by atoms with Gasteiger partial charge in [-0.1, -0.05) is 49.4 Å². The molecule has 3 aromatic rings. The number of carbonyl (C=O) groups excluding carboxylic acids is 1. The molecule has 36 heavy (non-hydrogen) atoms. The summed E-state index contributed by atoms with van der Waals surface area (Å²) in [6.45, 7) is 3.94. The standard InChI is InChI=1S/C25H20N4O6S/c1-25(2)12-17-21(19(30)13-25)22(15-7-5-8-16(10-15)28(32)33)27-23(31)20(36-24(27)26-17)11-14-6-3-4-9-18(14)29(34)35/h3-11,22H,12-13H2,1-2H3. The summed E-state index contributed by atoms with van der Waals surface area (Å²) in [5, 5.41) is 22.9. The van der Waals surface area contributed by atoms with Crippen molar-refractivity contribution in [3.63, 3.8) is 0 Å². The Morgan fingerprint density at radius 2 is 1.81 bits per heavy atom. The van der Waals surface area contributed by atoms with E-state index in [1.54, 1.807) is 24.3 Å². The zero-order chi connectivity index (χ0) is 25.8. The number of nitrogens with zero attached hydrogens (tertiary/aromatic N) is 4. The van der Waals surface area contributed by atoms with E-state index < -0.39 is 21.4 Å². The SMILES string of the molecule is CC1(C)CC(=O)C2=C(C1)N=c1sc(=Cc3ccccc3[N+](=O)[O-])c(=O)n1C2c1cccc([N+](=O)[O-])c1. The lowest BCUT2D eigenvalue weighted by molar-refractivity contribution is -0.385. The zero-order valence-electron chi connectivity index (χ0n) is 19.3. The van der Waals surface area contributed by atoms with Crippen molar-refractivity contribution in [1.82, 2.24) is 4.57 Å². The average Bonchev–Trinajstić information content (AvgIpc) is 3.11. The Morgan fingerprint density at radius 1 is 1.06 bits per heavy atom. The number of benzene rings is 2. The van der Waals surface area contributed by atoms with Crippen LogP contribution in [0.15, 0.2) is 69.6 Å². The molecule has 1 aliphatic heterocycles. The number of para-hydroxylation sites is 1. The van der Waals surface area contributed by atoms with Gasteiger partial charge < -0.3 is 0 Å². The molecule has 0 bridgehead atoms. The van der Waals surface area contributed by atoms with Crippen LogP contribution in [0, 0.1) is 25.6 Å². The number of Topliss-reactive ketones (excluding diaryl/α,β-unsaturated/α-hetero) is 1. The third kappa shape index (κ3) is 3.97. The number of thiazole rings is 1. The molecule has 1 unspecified atom stereocenters. The van der Waals surface area contributed by atoms with Gasteiger partial charge in [0, 0.05) is 30.2 Å². The zero-order valence-corrected chi connectivity index (χ0v) is 20.2. The molecule has 0 fully saturated rings. The van der Waals surface area contributed by atoms with Crippen LogP contribution in [0.5, 0.6) is 0 Å². The van der Waals surface area contributed by atoms with Gasteiger partial charge in [0.15, 0.2) is 10.6 Å². The lowest BCUT2D eigenvalue weighted by atomic mass is 9.73. The Balaban J connectivity index is 1.79. The first-order valence-electron chi connectivity index (χ1n) is 11.1. The van der Waals surface area contributed by atoms with Crippen LogP contribution in [0.2, 0.25) is 0 Å². The van der Waals surface area contributed by atoms with Crippen molar-refractivity contribution in [2.45, 2.75) is 32.7 Å². The number of nitro groups is 2. The number of ketones is 1. The molecule has 2 aromatic carbocycles. The van der Waals surface area contributed by atoms with Crippen LogP contribution in [-0.4, -0.2) is 20.2 Å². The third-order valence-electron chi connectivity index (χ3n) is 6.31. The number of allylic oxidation sites excluding steroid dienone is 2. The van der Waals surface area contributed by atoms with Crippen LogP contribution in [0.3, 0.4) is 0 Å². The number of nitro benzene ring substituents is 2. The van der Waals surface area contributed by atoms with Gasteiger partial charge in [-0.25, -0.2) is 4.99 Å². The van der Waals surface area contributed by atoms with Crippen molar-refractivity contribution in [3.05, 3.63) is 111 Å². The van der Waals surface area contributed by atoms with Gasteiger partial charge in [-0.3, -0.25) is 34.4 Å². The van der Waals surface area contributed by atoms with E-state index in [9.17, 15) is 29.8 Å². The van der Waals surface area contributed by atoms with Crippen LogP contribution in [-0.2, 0) is 4.79 Å². The lowest BCUT2D eigenvalue weighted by Crippen LogP contribution is -2.42. The summed E-state index contributed by atoms with van der Waals surface area (Å²) in [7, 11) is 0. The summed E-state index contributed by atoms with van der Waals surface area (Å²) in [5.74, 6) is -0.158. The fourth-order valence-electron chi connectivity index (χ4n) is 4.79. The van der Waals surface area contributed by atoms with Gasteiger partial charge in [0.25, 0.3) is 16.9 Å². The van der Waals surface area contributed by atoms with Gasteiger partial charge in [-0.15, -0.1) is 0 Å². The Bertz CT molecular complexity index is 1680. The van der Waals surface area contributed by atoms with Gasteiger partial charge in [0.05, 0.1) is 31.7 Å². The van der Waals surface area contributed by atoms with E-state index in [0.29, 0.717) is 28.1 Å². The van der Waals surface area contributed by atoms with Gasteiger partial charge in [-0.05, 0) is 29.5 Å². The molecular formula is C25H20N4O6S. The molecule has 0 spiro atoms. The summed E-state index contributed by atoms with van der Waals surface area (Å²) >= 11 is 1.07. The molecule has 182 valence electrons. The highest BCUT2D eigenvalue weighted by Gasteiger charge is 2.40. The van der Waals surface area contributed by atoms with Crippen molar-refractivity contribution in [2.75, 3.05) is 0 Å². The van der Waals surface area contributed by atoms with Gasteiger partial charge in [0.1, 0.15) is 0 Å². The molecule has 2 heterocycles. The molecule has 0 saturated heterocycles. The number of hydrogen-bond donors (Lipinski definition) is 0. The summed E-state index contributed by atoms with van der Waals surface area (Å²) in [6, 6.07) is 11.1. The van der Waals surface area contributed by atoms with E-state index in [4.69, 9.17) is 0 Å². The molecule has 1 aliphatic carbocycles. The minimum absolute atomic E-state index is 0.144. The van der Waals surface area contributed by atoms with E-state index in [0.717, 1.165) is 11.3 Å². The van der Waals surface area contributed by atoms with Gasteiger partial charge in [-0.2, -0.15) is 0 Å². The topological polar surface area (TPSA) is 138 Å². The molecule has 1 atom stereocenters. The van der Waals surface area contributed by atoms with Gasteiger partial charge >= 0.3 is 0 Å². The van der Waals surface area contributed by atoms with Crippen molar-refractivity contribution in [3.8, 4) is 0 Å². The quantitative estimate of drug-likeness (QED) is 0.394. The molecule has 0 saturated carbocycles. The second kappa shape index (κ2) is 8.45. The fraction of sp³-hybridized carbons (Fsp3) is 0.240. The van der Waals surface area contributed by atoms with Crippen LogP contribution >= 0.6 is 11.3 Å². The molecule has 0 radical (unpaired) electrons. The first kappa shape index (κ1) is 23.5. The summed E-state index contributed by atoms with van der Waals surface area (Å²) in [4.78, 5) is 53.9. The van der Waals surface area contributed by atoms with E-state index in [2.05, 4.69) is 4.99 Å². The lowest BCUT2D eigenvalue weighted by Gasteiger charge is -2.35. The molecule has 5 rings (SSSR count). The van der Waals surface area contributed by atoms with E-state index >= 15 is 0 Å². The number of aromatic nitrogens is 1. The average molecular weight is 505 g/mol. The molecule has 10 nitrogen and oxygen atoms in total. The fourth-order valence-corrected chi connectivity index (χ4v) is 5.80. The maximum absolute atomic E-state index is 13.7. The number of carbonyl (C=O) groups is 1. The summed E-state index contributed by atoms with van der Waals surface area (Å²) in [6.07, 6.45) is 2.21. The van der Waals surface area contributed by atoms with E-state index in [1.807, 2.05) is 13.8 Å². The van der Waals surface area contributed by atoms with Crippen LogP contribution in [0.4, 0.5) is 11.4 Å². The maximum Gasteiger partial charge on any atom is 0.276 e. The van der Waals surface area contributed by atoms with Crippen molar-refractivity contribution < 1.29 is 14.6 Å². The maximum atomic E-state index is 13.7. The Labute approximate surface area is 207 Å². The van der Waals surface area contributed by atoms with Crippen molar-refractivity contribution in [2.24, 2.45) is 10.4 Å². The minimum Gasteiger partial charge on any atom is -0.294 e. The van der Waals surface area contributed by atoms with Gasteiger partial charge in [0.2, 0.25) is 0 Å². The molecule has 11 heteroatoms. The summed E-state index contributed by atoms with van der Waals surface area (Å²) < 4.78 is 1.59. The normalized spacial score (nSPS) is 18.9. The largest absolute Gasteiger partial charge is 0.294 e. The molecular weight excluding hydrogens is 484 g/mol. The minimum atomic E-state index is -0.882. The van der Waals surface area contributed by atoms with Crippen molar-refractivity contribution >= 4 is 34.6 Å². The molecule has 1 aromatic heterocycles. The number of rotatable bonds is 4. The first-order valence-corrected chi connectivity index (χ1v) is 11.9. The highest BCUT2D eigenvalue weighted by molar-refractivity contribution is 7.07. The van der Waals surface area contributed by atoms with Crippen LogP contribution in [0.25, 0.3) is 6.08 Å². The molecule has 0 amide bonds. The Hall–Kier alpha value is -4.25. The second-order valence-corrected chi connectivity index (χ2v) is 10.6.